The van der Waals surface area contributed by atoms with Gasteiger partial charge < -0.3 is 15.0 Å². The van der Waals surface area contributed by atoms with Crippen LogP contribution in [-0.4, -0.2) is 38.8 Å². The quantitative estimate of drug-likeness (QED) is 0.897. The Balaban J connectivity index is 1.80. The molecule has 1 aliphatic heterocycles. The van der Waals surface area contributed by atoms with Crippen molar-refractivity contribution in [3.63, 3.8) is 0 Å². The van der Waals surface area contributed by atoms with E-state index >= 15 is 0 Å². The second-order valence-electron chi connectivity index (χ2n) is 7.37. The van der Waals surface area contributed by atoms with Gasteiger partial charge in [0, 0.05) is 31.1 Å². The maximum absolute atomic E-state index is 12.5. The fraction of sp³-hybridized carbons (Fsp3) is 0.421. The third-order valence-corrected chi connectivity index (χ3v) is 4.12. The van der Waals surface area contributed by atoms with Crippen LogP contribution in [0.1, 0.15) is 42.4 Å². The molecule has 0 fully saturated rings. The topological polar surface area (TPSA) is 76.5 Å². The number of anilines is 1. The molecule has 26 heavy (non-hydrogen) atoms. The normalized spacial score (nSPS) is 13.9. The fourth-order valence-electron chi connectivity index (χ4n) is 2.91. The molecule has 0 saturated heterocycles. The van der Waals surface area contributed by atoms with Gasteiger partial charge in [-0.15, -0.1) is 0 Å². The van der Waals surface area contributed by atoms with Crippen molar-refractivity contribution in [1.29, 1.82) is 0 Å². The summed E-state index contributed by atoms with van der Waals surface area (Å²) in [6.07, 6.45) is 0.274. The monoisotopic (exact) mass is 356 g/mol. The number of amides is 2. The number of ether oxygens (including phenoxy) is 1. The Labute approximate surface area is 152 Å². The van der Waals surface area contributed by atoms with Crippen LogP contribution >= 0.6 is 0 Å². The highest BCUT2D eigenvalue weighted by atomic mass is 16.6. The molecule has 1 aromatic heterocycles. The first kappa shape index (κ1) is 18.0. The Hall–Kier alpha value is -2.83. The minimum Gasteiger partial charge on any atom is -0.444 e. The first-order valence-corrected chi connectivity index (χ1v) is 8.63. The van der Waals surface area contributed by atoms with E-state index in [0.717, 1.165) is 11.3 Å². The zero-order valence-corrected chi connectivity index (χ0v) is 15.6. The fourth-order valence-corrected chi connectivity index (χ4v) is 2.91. The van der Waals surface area contributed by atoms with E-state index in [1.54, 1.807) is 28.8 Å². The smallest absolute Gasteiger partial charge is 0.410 e. The van der Waals surface area contributed by atoms with Crippen LogP contribution in [0, 0.1) is 0 Å². The van der Waals surface area contributed by atoms with Gasteiger partial charge in [-0.25, -0.2) is 4.79 Å². The van der Waals surface area contributed by atoms with E-state index in [1.165, 1.54) is 0 Å². The Kier molecular flexibility index (Phi) is 4.71. The molecule has 0 unspecified atom stereocenters. The number of aryl methyl sites for hydroxylation is 1. The van der Waals surface area contributed by atoms with Crippen molar-refractivity contribution in [2.45, 2.75) is 39.3 Å². The van der Waals surface area contributed by atoms with E-state index in [0.29, 0.717) is 30.9 Å². The van der Waals surface area contributed by atoms with Gasteiger partial charge >= 0.3 is 6.09 Å². The Morgan fingerprint density at radius 1 is 1.19 bits per heavy atom. The second-order valence-corrected chi connectivity index (χ2v) is 7.37. The van der Waals surface area contributed by atoms with Gasteiger partial charge in [-0.1, -0.05) is 18.2 Å². The van der Waals surface area contributed by atoms with Crippen LogP contribution in [0.2, 0.25) is 0 Å². The predicted molar refractivity (Wildman–Crippen MR) is 98.0 cm³/mol. The maximum atomic E-state index is 12.5. The van der Waals surface area contributed by atoms with E-state index < -0.39 is 5.60 Å². The Morgan fingerprint density at radius 3 is 2.54 bits per heavy atom. The number of carbonyl (C=O) groups excluding carboxylic acids is 2. The maximum Gasteiger partial charge on any atom is 0.410 e. The van der Waals surface area contributed by atoms with Crippen molar-refractivity contribution >= 4 is 17.8 Å². The van der Waals surface area contributed by atoms with Crippen molar-refractivity contribution in [2.24, 2.45) is 7.05 Å². The summed E-state index contributed by atoms with van der Waals surface area (Å²) in [5.41, 5.74) is 1.78. The molecule has 0 radical (unpaired) electrons. The molecule has 7 heteroatoms. The van der Waals surface area contributed by atoms with Crippen LogP contribution in [0.4, 0.5) is 10.6 Å². The van der Waals surface area contributed by atoms with Crippen LogP contribution in [0.25, 0.3) is 0 Å². The van der Waals surface area contributed by atoms with Crippen molar-refractivity contribution < 1.29 is 14.3 Å². The molecule has 0 saturated carbocycles. The van der Waals surface area contributed by atoms with E-state index in [2.05, 4.69) is 10.4 Å². The van der Waals surface area contributed by atoms with Gasteiger partial charge in [0.05, 0.1) is 12.2 Å². The Morgan fingerprint density at radius 2 is 1.88 bits per heavy atom. The van der Waals surface area contributed by atoms with Gasteiger partial charge in [0.15, 0.2) is 0 Å². The summed E-state index contributed by atoms with van der Waals surface area (Å²) in [5, 5.41) is 7.41. The molecule has 0 bridgehead atoms. The summed E-state index contributed by atoms with van der Waals surface area (Å²) in [6.45, 7) is 6.44. The molecule has 0 aliphatic carbocycles. The van der Waals surface area contributed by atoms with Gasteiger partial charge in [0.1, 0.15) is 11.4 Å². The van der Waals surface area contributed by atoms with E-state index in [1.807, 2.05) is 39.0 Å². The minimum absolute atomic E-state index is 0.203. The summed E-state index contributed by atoms with van der Waals surface area (Å²) < 4.78 is 7.12. The van der Waals surface area contributed by atoms with E-state index in [-0.39, 0.29) is 12.0 Å². The molecule has 138 valence electrons. The largest absolute Gasteiger partial charge is 0.444 e. The van der Waals surface area contributed by atoms with Crippen molar-refractivity contribution in [3.05, 3.63) is 47.2 Å². The highest BCUT2D eigenvalue weighted by Gasteiger charge is 2.30. The van der Waals surface area contributed by atoms with Gasteiger partial charge in [-0.3, -0.25) is 9.48 Å². The van der Waals surface area contributed by atoms with Crippen molar-refractivity contribution in [2.75, 3.05) is 11.9 Å². The van der Waals surface area contributed by atoms with Gasteiger partial charge in [-0.2, -0.15) is 5.10 Å². The lowest BCUT2D eigenvalue weighted by atomic mass is 10.1. The molecule has 0 atom stereocenters. The van der Waals surface area contributed by atoms with Gasteiger partial charge in [0.25, 0.3) is 5.91 Å². The molecule has 2 aromatic rings. The average Bonchev–Trinajstić information content (AvgIpc) is 2.89. The molecule has 2 heterocycles. The van der Waals surface area contributed by atoms with Crippen LogP contribution in [-0.2, 0) is 24.8 Å². The van der Waals surface area contributed by atoms with E-state index in [4.69, 9.17) is 4.74 Å². The molecular weight excluding hydrogens is 332 g/mol. The van der Waals surface area contributed by atoms with Crippen molar-refractivity contribution in [3.8, 4) is 0 Å². The SMILES string of the molecule is Cn1nc2c(c1NC(=O)c1ccccc1)CN(C(=O)OC(C)(C)C)CC2. The van der Waals surface area contributed by atoms with Crippen LogP contribution < -0.4 is 5.32 Å². The summed E-state index contributed by atoms with van der Waals surface area (Å²) in [6, 6.07) is 9.01. The number of fused-ring (bicyclic) bond motifs is 1. The highest BCUT2D eigenvalue weighted by Crippen LogP contribution is 2.27. The molecule has 3 rings (SSSR count). The highest BCUT2D eigenvalue weighted by molar-refractivity contribution is 6.04. The first-order chi connectivity index (χ1) is 12.2. The van der Waals surface area contributed by atoms with Crippen LogP contribution in [0.5, 0.6) is 0 Å². The lowest BCUT2D eigenvalue weighted by Crippen LogP contribution is -2.40. The van der Waals surface area contributed by atoms with E-state index in [9.17, 15) is 9.59 Å². The zero-order valence-electron chi connectivity index (χ0n) is 15.6. The third kappa shape index (κ3) is 3.87. The molecule has 1 aliphatic rings. The summed E-state index contributed by atoms with van der Waals surface area (Å²) >= 11 is 0. The van der Waals surface area contributed by atoms with Crippen LogP contribution in [0.3, 0.4) is 0 Å². The minimum atomic E-state index is -0.545. The molecule has 0 spiro atoms. The standard InChI is InChI=1S/C19H24N4O3/c1-19(2,3)26-18(25)23-11-10-15-14(12-23)16(22(4)21-15)20-17(24)13-8-6-5-7-9-13/h5-9H,10-12H2,1-4H3,(H,20,24). The van der Waals surface area contributed by atoms with Crippen molar-refractivity contribution in [1.82, 2.24) is 14.7 Å². The number of rotatable bonds is 2. The average molecular weight is 356 g/mol. The number of benzene rings is 1. The number of hydrogen-bond acceptors (Lipinski definition) is 4. The summed E-state index contributed by atoms with van der Waals surface area (Å²) in [7, 11) is 1.79. The molecule has 1 aromatic carbocycles. The molecule has 2 amide bonds. The van der Waals surface area contributed by atoms with Gasteiger partial charge in [-0.05, 0) is 32.9 Å². The predicted octanol–water partition coefficient (Wildman–Crippen LogP) is 2.97. The first-order valence-electron chi connectivity index (χ1n) is 8.63. The summed E-state index contributed by atoms with van der Waals surface area (Å²) in [4.78, 5) is 26.5. The van der Waals surface area contributed by atoms with Crippen LogP contribution in [0.15, 0.2) is 30.3 Å². The zero-order chi connectivity index (χ0) is 18.9. The number of aromatic nitrogens is 2. The number of nitrogens with one attached hydrogen (secondary N) is 1. The second kappa shape index (κ2) is 6.82. The molecule has 7 nitrogen and oxygen atoms in total. The lowest BCUT2D eigenvalue weighted by molar-refractivity contribution is 0.0224. The number of carbonyl (C=O) groups is 2. The number of hydrogen-bond donors (Lipinski definition) is 1. The molecule has 1 N–H and O–H groups in total. The van der Waals surface area contributed by atoms with Gasteiger partial charge in [0.2, 0.25) is 0 Å². The number of nitrogens with zero attached hydrogens (tertiary/aromatic N) is 3. The lowest BCUT2D eigenvalue weighted by Gasteiger charge is -2.29. The molecular formula is C19H24N4O3. The summed E-state index contributed by atoms with van der Waals surface area (Å²) in [5.74, 6) is 0.410. The third-order valence-electron chi connectivity index (χ3n) is 4.12. The Bertz CT molecular complexity index is 821.